The molecule has 30 heavy (non-hydrogen) atoms. The van der Waals surface area contributed by atoms with Gasteiger partial charge in [0.1, 0.15) is 5.82 Å². The molecule has 1 aliphatic carbocycles. The van der Waals surface area contributed by atoms with E-state index in [0.717, 1.165) is 44.2 Å². The summed E-state index contributed by atoms with van der Waals surface area (Å²) in [6.45, 7) is 5.09. The molecule has 2 fully saturated rings. The minimum Gasteiger partial charge on any atom is -0.362 e. The van der Waals surface area contributed by atoms with Gasteiger partial charge in [0.2, 0.25) is 0 Å². The Labute approximate surface area is 185 Å². The largest absolute Gasteiger partial charge is 0.362 e. The summed E-state index contributed by atoms with van der Waals surface area (Å²) in [7, 11) is 2.17. The fourth-order valence-corrected chi connectivity index (χ4v) is 4.89. The molecule has 1 aromatic heterocycles. The van der Waals surface area contributed by atoms with Crippen molar-refractivity contribution in [3.63, 3.8) is 0 Å². The van der Waals surface area contributed by atoms with Crippen molar-refractivity contribution in [2.24, 2.45) is 0 Å². The maximum atomic E-state index is 5.61. The molecule has 6 heteroatoms. The van der Waals surface area contributed by atoms with Gasteiger partial charge in [0.15, 0.2) is 5.11 Å². The average molecular weight is 424 g/mol. The van der Waals surface area contributed by atoms with Crippen LogP contribution >= 0.6 is 12.2 Å². The average Bonchev–Trinajstić information content (AvgIpc) is 2.80. The number of piperazine rings is 1. The fourth-order valence-electron chi connectivity index (χ4n) is 4.70. The van der Waals surface area contributed by atoms with E-state index in [9.17, 15) is 0 Å². The smallest absolute Gasteiger partial charge is 0.170 e. The predicted molar refractivity (Wildman–Crippen MR) is 129 cm³/mol. The van der Waals surface area contributed by atoms with Gasteiger partial charge in [0, 0.05) is 38.1 Å². The lowest BCUT2D eigenvalue weighted by Gasteiger charge is -2.38. The van der Waals surface area contributed by atoms with Gasteiger partial charge in [0.25, 0.3) is 0 Å². The van der Waals surface area contributed by atoms with Gasteiger partial charge in [-0.25, -0.2) is 4.98 Å². The first kappa shape index (κ1) is 21.1. The number of pyridine rings is 1. The van der Waals surface area contributed by atoms with Crippen molar-refractivity contribution < 1.29 is 0 Å². The van der Waals surface area contributed by atoms with Crippen LogP contribution in [0, 0.1) is 0 Å². The monoisotopic (exact) mass is 423 g/mol. The van der Waals surface area contributed by atoms with Crippen LogP contribution < -0.4 is 15.5 Å². The van der Waals surface area contributed by atoms with Gasteiger partial charge in [-0.3, -0.25) is 0 Å². The molecule has 2 N–H and O–H groups in total. The summed E-state index contributed by atoms with van der Waals surface area (Å²) in [6.07, 6.45) is 8.22. The Balaban J connectivity index is 1.34. The molecule has 0 spiro atoms. The van der Waals surface area contributed by atoms with Crippen molar-refractivity contribution in [2.45, 2.75) is 37.5 Å². The minimum absolute atomic E-state index is 0.175. The van der Waals surface area contributed by atoms with E-state index >= 15 is 0 Å². The number of thiocarbonyl (C=S) groups is 1. The zero-order valence-electron chi connectivity index (χ0n) is 17.9. The number of rotatable bonds is 5. The lowest BCUT2D eigenvalue weighted by Crippen LogP contribution is -2.44. The SMILES string of the molecule is CN1CCN(c2ccc(NC(=S)NCC3(c4ccccc4)CCCCC3)cn2)CC1. The molecule has 0 radical (unpaired) electrons. The van der Waals surface area contributed by atoms with Crippen LogP contribution in [0.3, 0.4) is 0 Å². The molecule has 2 heterocycles. The highest BCUT2D eigenvalue weighted by Crippen LogP contribution is 2.38. The van der Waals surface area contributed by atoms with Crippen LogP contribution in [0.15, 0.2) is 48.7 Å². The summed E-state index contributed by atoms with van der Waals surface area (Å²) in [4.78, 5) is 9.34. The van der Waals surface area contributed by atoms with E-state index in [2.05, 4.69) is 74.9 Å². The number of anilines is 2. The Bertz CT molecular complexity index is 809. The van der Waals surface area contributed by atoms with Gasteiger partial charge >= 0.3 is 0 Å². The third kappa shape index (κ3) is 5.10. The molecule has 4 rings (SSSR count). The van der Waals surface area contributed by atoms with E-state index in [1.807, 2.05) is 6.20 Å². The van der Waals surface area contributed by atoms with Crippen LogP contribution in [0.2, 0.25) is 0 Å². The molecule has 1 saturated carbocycles. The van der Waals surface area contributed by atoms with Gasteiger partial charge in [-0.15, -0.1) is 0 Å². The first-order valence-corrected chi connectivity index (χ1v) is 11.6. The maximum Gasteiger partial charge on any atom is 0.170 e. The molecule has 1 aromatic carbocycles. The fraction of sp³-hybridized carbons (Fsp3) is 0.500. The topological polar surface area (TPSA) is 43.4 Å². The van der Waals surface area contributed by atoms with Crippen molar-refractivity contribution in [1.82, 2.24) is 15.2 Å². The normalized spacial score (nSPS) is 19.3. The van der Waals surface area contributed by atoms with Crippen molar-refractivity contribution in [2.75, 3.05) is 50.0 Å². The van der Waals surface area contributed by atoms with Crippen molar-refractivity contribution in [3.8, 4) is 0 Å². The van der Waals surface area contributed by atoms with E-state index in [4.69, 9.17) is 12.2 Å². The number of aromatic nitrogens is 1. The Hall–Kier alpha value is -2.18. The number of hydrogen-bond acceptors (Lipinski definition) is 4. The molecule has 0 amide bonds. The summed E-state index contributed by atoms with van der Waals surface area (Å²) in [5.41, 5.74) is 2.54. The number of nitrogens with one attached hydrogen (secondary N) is 2. The van der Waals surface area contributed by atoms with Crippen molar-refractivity contribution in [1.29, 1.82) is 0 Å². The highest BCUT2D eigenvalue weighted by atomic mass is 32.1. The molecular weight excluding hydrogens is 390 g/mol. The zero-order valence-corrected chi connectivity index (χ0v) is 18.8. The van der Waals surface area contributed by atoms with Crippen LogP contribution in [0.4, 0.5) is 11.5 Å². The van der Waals surface area contributed by atoms with E-state index in [1.165, 1.54) is 37.7 Å². The van der Waals surface area contributed by atoms with E-state index in [-0.39, 0.29) is 5.41 Å². The number of likely N-dealkylation sites (N-methyl/N-ethyl adjacent to an activating group) is 1. The van der Waals surface area contributed by atoms with Crippen molar-refractivity contribution >= 4 is 28.8 Å². The molecule has 5 nitrogen and oxygen atoms in total. The first-order chi connectivity index (χ1) is 14.6. The third-order valence-corrected chi connectivity index (χ3v) is 6.86. The van der Waals surface area contributed by atoms with Crippen LogP contribution in [0.25, 0.3) is 0 Å². The minimum atomic E-state index is 0.175. The lowest BCUT2D eigenvalue weighted by atomic mass is 9.69. The molecule has 1 saturated heterocycles. The number of nitrogens with zero attached hydrogens (tertiary/aromatic N) is 3. The second kappa shape index (κ2) is 9.75. The van der Waals surface area contributed by atoms with Gasteiger partial charge in [-0.1, -0.05) is 49.6 Å². The Morgan fingerprint density at radius 1 is 1.00 bits per heavy atom. The summed E-state index contributed by atoms with van der Waals surface area (Å²) >= 11 is 5.61. The van der Waals surface area contributed by atoms with Gasteiger partial charge in [0.05, 0.1) is 11.9 Å². The van der Waals surface area contributed by atoms with Crippen LogP contribution in [0.5, 0.6) is 0 Å². The predicted octanol–water partition coefficient (Wildman–Crippen LogP) is 4.02. The summed E-state index contributed by atoms with van der Waals surface area (Å²) in [6, 6.07) is 15.1. The highest BCUT2D eigenvalue weighted by molar-refractivity contribution is 7.80. The maximum absolute atomic E-state index is 5.61. The quantitative estimate of drug-likeness (QED) is 0.708. The molecule has 0 bridgehead atoms. The van der Waals surface area contributed by atoms with E-state index in [1.54, 1.807) is 0 Å². The van der Waals surface area contributed by atoms with Gasteiger partial charge in [-0.05, 0) is 49.8 Å². The number of hydrogen-bond donors (Lipinski definition) is 2. The van der Waals surface area contributed by atoms with Crippen LogP contribution in [0.1, 0.15) is 37.7 Å². The molecule has 2 aromatic rings. The second-order valence-electron chi connectivity index (χ2n) is 8.71. The lowest BCUT2D eigenvalue weighted by molar-refractivity contribution is 0.292. The van der Waals surface area contributed by atoms with E-state index < -0.39 is 0 Å². The standard InChI is InChI=1S/C24H33N5S/c1-28-14-16-29(17-15-28)22-11-10-21(18-25-22)27-23(30)26-19-24(12-6-3-7-13-24)20-8-4-2-5-9-20/h2,4-5,8-11,18H,3,6-7,12-17,19H2,1H3,(H2,26,27,30). The van der Waals surface area contributed by atoms with Gasteiger partial charge in [-0.2, -0.15) is 0 Å². The first-order valence-electron chi connectivity index (χ1n) is 11.1. The molecular formula is C24H33N5S. The van der Waals surface area contributed by atoms with Crippen molar-refractivity contribution in [3.05, 3.63) is 54.2 Å². The zero-order chi connectivity index (χ0) is 20.8. The van der Waals surface area contributed by atoms with Crippen LogP contribution in [-0.4, -0.2) is 54.8 Å². The molecule has 0 atom stereocenters. The van der Waals surface area contributed by atoms with Crippen LogP contribution in [-0.2, 0) is 5.41 Å². The van der Waals surface area contributed by atoms with Gasteiger partial charge < -0.3 is 20.4 Å². The summed E-state index contributed by atoms with van der Waals surface area (Å²) in [5.74, 6) is 1.04. The molecule has 160 valence electrons. The second-order valence-corrected chi connectivity index (χ2v) is 9.12. The summed E-state index contributed by atoms with van der Waals surface area (Å²) < 4.78 is 0. The Morgan fingerprint density at radius 3 is 2.40 bits per heavy atom. The summed E-state index contributed by atoms with van der Waals surface area (Å²) in [5, 5.41) is 7.49. The van der Waals surface area contributed by atoms with E-state index in [0.29, 0.717) is 5.11 Å². The highest BCUT2D eigenvalue weighted by Gasteiger charge is 2.33. The molecule has 1 aliphatic heterocycles. The molecule has 2 aliphatic rings. The Kier molecular flexibility index (Phi) is 6.85. The molecule has 0 unspecified atom stereocenters. The Morgan fingerprint density at radius 2 is 1.73 bits per heavy atom. The number of benzene rings is 1. The third-order valence-electron chi connectivity index (χ3n) is 6.62.